The maximum atomic E-state index is 12.8. The summed E-state index contributed by atoms with van der Waals surface area (Å²) in [5.74, 6) is 0.164. The molecule has 2 rings (SSSR count). The van der Waals surface area contributed by atoms with Gasteiger partial charge in [0, 0.05) is 24.6 Å². The van der Waals surface area contributed by atoms with Crippen LogP contribution in [-0.4, -0.2) is 36.6 Å². The quantitative estimate of drug-likeness (QED) is 0.491. The zero-order valence-corrected chi connectivity index (χ0v) is 16.7. The van der Waals surface area contributed by atoms with Gasteiger partial charge in [0.25, 0.3) is 0 Å². The Balaban J connectivity index is 2.12. The maximum absolute atomic E-state index is 12.8. The van der Waals surface area contributed by atoms with Crippen molar-refractivity contribution >= 4 is 23.6 Å². The SMILES string of the molecule is Cc1cc(C(=O)CSc2cccc(C(F)(F)F)c2)cc(C)c1OC(=O)N(C)C. The second kappa shape index (κ2) is 8.68. The number of carbonyl (C=O) groups is 2. The van der Waals surface area contributed by atoms with Gasteiger partial charge in [0.15, 0.2) is 5.78 Å². The van der Waals surface area contributed by atoms with Gasteiger partial charge in [-0.25, -0.2) is 4.79 Å². The number of amides is 1. The first-order valence-corrected chi connectivity index (χ1v) is 9.31. The molecule has 2 aromatic rings. The van der Waals surface area contributed by atoms with Crippen molar-refractivity contribution in [2.45, 2.75) is 24.9 Å². The van der Waals surface area contributed by atoms with Gasteiger partial charge in [-0.1, -0.05) is 6.07 Å². The fraction of sp³-hybridized carbons (Fsp3) is 0.300. The molecule has 0 N–H and O–H groups in total. The van der Waals surface area contributed by atoms with Crippen molar-refractivity contribution in [3.05, 3.63) is 58.7 Å². The molecule has 2 aromatic carbocycles. The monoisotopic (exact) mass is 411 g/mol. The van der Waals surface area contributed by atoms with Crippen LogP contribution in [0, 0.1) is 13.8 Å². The van der Waals surface area contributed by atoms with Crippen molar-refractivity contribution in [2.24, 2.45) is 0 Å². The van der Waals surface area contributed by atoms with Crippen molar-refractivity contribution < 1.29 is 27.5 Å². The third kappa shape index (κ3) is 5.51. The number of ether oxygens (including phenoxy) is 1. The van der Waals surface area contributed by atoms with Crippen LogP contribution in [0.4, 0.5) is 18.0 Å². The summed E-state index contributed by atoms with van der Waals surface area (Å²) >= 11 is 1.04. The highest BCUT2D eigenvalue weighted by atomic mass is 32.2. The highest BCUT2D eigenvalue weighted by Gasteiger charge is 2.30. The lowest BCUT2D eigenvalue weighted by molar-refractivity contribution is -0.137. The molecule has 0 bridgehead atoms. The van der Waals surface area contributed by atoms with Gasteiger partial charge in [-0.15, -0.1) is 11.8 Å². The molecule has 150 valence electrons. The normalized spacial score (nSPS) is 11.2. The standard InChI is InChI=1S/C20H20F3NO3S/c1-12-8-14(9-13(2)18(12)27-19(26)24(3)4)17(25)11-28-16-7-5-6-15(10-16)20(21,22)23/h5-10H,11H2,1-4H3. The number of ketones is 1. The molecule has 0 fully saturated rings. The minimum Gasteiger partial charge on any atom is -0.410 e. The Labute approximate surface area is 165 Å². The molecule has 0 radical (unpaired) electrons. The van der Waals surface area contributed by atoms with E-state index in [0.717, 1.165) is 23.9 Å². The summed E-state index contributed by atoms with van der Waals surface area (Å²) in [7, 11) is 3.13. The average Bonchev–Trinajstić information content (AvgIpc) is 2.61. The second-order valence-electron chi connectivity index (χ2n) is 6.44. The summed E-state index contributed by atoms with van der Waals surface area (Å²) in [5, 5.41) is 0. The second-order valence-corrected chi connectivity index (χ2v) is 7.49. The highest BCUT2D eigenvalue weighted by molar-refractivity contribution is 8.00. The van der Waals surface area contributed by atoms with Crippen LogP contribution < -0.4 is 4.74 Å². The lowest BCUT2D eigenvalue weighted by Crippen LogP contribution is -2.26. The summed E-state index contributed by atoms with van der Waals surface area (Å²) in [6, 6.07) is 8.09. The lowest BCUT2D eigenvalue weighted by Gasteiger charge is -2.15. The van der Waals surface area contributed by atoms with Gasteiger partial charge in [-0.3, -0.25) is 4.79 Å². The van der Waals surface area contributed by atoms with Gasteiger partial charge in [-0.2, -0.15) is 13.2 Å². The molecule has 0 saturated carbocycles. The minimum absolute atomic E-state index is 0.00295. The fourth-order valence-corrected chi connectivity index (χ4v) is 3.29. The molecule has 0 aliphatic heterocycles. The number of Topliss-reactive ketones (excluding diaryl/α,β-unsaturated/α-hetero) is 1. The van der Waals surface area contributed by atoms with E-state index in [0.29, 0.717) is 27.3 Å². The third-order valence-corrected chi connectivity index (χ3v) is 4.86. The number of halogens is 3. The van der Waals surface area contributed by atoms with Crippen LogP contribution in [0.15, 0.2) is 41.3 Å². The van der Waals surface area contributed by atoms with Crippen molar-refractivity contribution in [1.82, 2.24) is 4.90 Å². The Morgan fingerprint density at radius 1 is 1.07 bits per heavy atom. The molecule has 0 aliphatic carbocycles. The number of benzene rings is 2. The molecular formula is C20H20F3NO3S. The summed E-state index contributed by atoms with van der Waals surface area (Å²) in [5.41, 5.74) is 0.924. The smallest absolute Gasteiger partial charge is 0.410 e. The van der Waals surface area contributed by atoms with Crippen molar-refractivity contribution in [3.8, 4) is 5.75 Å². The van der Waals surface area contributed by atoms with Gasteiger partial charge < -0.3 is 9.64 Å². The van der Waals surface area contributed by atoms with Gasteiger partial charge in [0.05, 0.1) is 11.3 Å². The summed E-state index contributed by atoms with van der Waals surface area (Å²) in [4.78, 5) is 25.9. The number of nitrogens with zero attached hydrogens (tertiary/aromatic N) is 1. The van der Waals surface area contributed by atoms with Crippen LogP contribution in [0.25, 0.3) is 0 Å². The van der Waals surface area contributed by atoms with Crippen LogP contribution >= 0.6 is 11.8 Å². The highest BCUT2D eigenvalue weighted by Crippen LogP contribution is 2.32. The summed E-state index contributed by atoms with van der Waals surface area (Å²) < 4.78 is 43.7. The fourth-order valence-electron chi connectivity index (χ4n) is 2.45. The van der Waals surface area contributed by atoms with Crippen LogP contribution in [0.5, 0.6) is 5.75 Å². The average molecular weight is 411 g/mol. The summed E-state index contributed by atoms with van der Waals surface area (Å²) in [6.45, 7) is 3.45. The molecule has 0 saturated heterocycles. The van der Waals surface area contributed by atoms with E-state index in [1.54, 1.807) is 40.1 Å². The van der Waals surface area contributed by atoms with Crippen molar-refractivity contribution in [2.75, 3.05) is 19.8 Å². The largest absolute Gasteiger partial charge is 0.416 e. The zero-order chi connectivity index (χ0) is 21.1. The Morgan fingerprint density at radius 2 is 1.68 bits per heavy atom. The molecule has 0 aromatic heterocycles. The van der Waals surface area contributed by atoms with E-state index in [4.69, 9.17) is 4.74 Å². The molecular weight excluding hydrogens is 391 g/mol. The number of carbonyl (C=O) groups excluding carboxylic acids is 2. The molecule has 0 unspecified atom stereocenters. The van der Waals surface area contributed by atoms with Crippen LogP contribution in [0.2, 0.25) is 0 Å². The molecule has 0 aliphatic rings. The number of hydrogen-bond acceptors (Lipinski definition) is 4. The van der Waals surface area contributed by atoms with E-state index in [1.165, 1.54) is 17.0 Å². The predicted molar refractivity (Wildman–Crippen MR) is 102 cm³/mol. The molecule has 0 atom stereocenters. The molecule has 8 heteroatoms. The molecule has 0 spiro atoms. The number of rotatable bonds is 5. The Bertz CT molecular complexity index is 872. The maximum Gasteiger partial charge on any atom is 0.416 e. The first-order valence-electron chi connectivity index (χ1n) is 8.32. The van der Waals surface area contributed by atoms with Crippen molar-refractivity contribution in [1.29, 1.82) is 0 Å². The van der Waals surface area contributed by atoms with Crippen LogP contribution in [0.3, 0.4) is 0 Å². The number of thioether (sulfide) groups is 1. The van der Waals surface area contributed by atoms with E-state index in [1.807, 2.05) is 0 Å². The molecule has 0 heterocycles. The molecule has 1 amide bonds. The van der Waals surface area contributed by atoms with Crippen LogP contribution in [-0.2, 0) is 6.18 Å². The zero-order valence-electron chi connectivity index (χ0n) is 15.9. The van der Waals surface area contributed by atoms with Gasteiger partial charge in [0.1, 0.15) is 5.75 Å². The number of hydrogen-bond donors (Lipinski definition) is 0. The van der Waals surface area contributed by atoms with E-state index in [9.17, 15) is 22.8 Å². The van der Waals surface area contributed by atoms with E-state index >= 15 is 0 Å². The third-order valence-electron chi connectivity index (χ3n) is 3.87. The molecule has 28 heavy (non-hydrogen) atoms. The van der Waals surface area contributed by atoms with E-state index in [2.05, 4.69) is 0 Å². The summed E-state index contributed by atoms with van der Waals surface area (Å²) in [6.07, 6.45) is -4.94. The first kappa shape index (κ1) is 21.8. The van der Waals surface area contributed by atoms with Gasteiger partial charge >= 0.3 is 12.3 Å². The minimum atomic E-state index is -4.42. The Hall–Kier alpha value is -2.48. The lowest BCUT2D eigenvalue weighted by atomic mass is 10.0. The predicted octanol–water partition coefficient (Wildman–Crippen LogP) is 5.36. The van der Waals surface area contributed by atoms with Crippen LogP contribution in [0.1, 0.15) is 27.0 Å². The number of aryl methyl sites for hydroxylation is 2. The Kier molecular flexibility index (Phi) is 6.77. The van der Waals surface area contributed by atoms with E-state index < -0.39 is 17.8 Å². The molecule has 4 nitrogen and oxygen atoms in total. The van der Waals surface area contributed by atoms with Gasteiger partial charge in [0.2, 0.25) is 0 Å². The Morgan fingerprint density at radius 3 is 2.21 bits per heavy atom. The first-order chi connectivity index (χ1) is 13.0. The number of alkyl halides is 3. The topological polar surface area (TPSA) is 46.6 Å². The van der Waals surface area contributed by atoms with Crippen molar-refractivity contribution in [3.63, 3.8) is 0 Å². The van der Waals surface area contributed by atoms with Gasteiger partial charge in [-0.05, 0) is 55.3 Å². The van der Waals surface area contributed by atoms with E-state index in [-0.39, 0.29) is 11.5 Å².